The molecule has 1 heterocycles. The molecule has 1 aliphatic heterocycles. The lowest BCUT2D eigenvalue weighted by atomic mass is 10.1. The molecular formula is C5H10N4O. The minimum Gasteiger partial charge on any atom is -0.380 e. The Hall–Kier alpha value is -0.770. The largest absolute Gasteiger partial charge is 0.380 e. The molecule has 2 N–H and O–H groups in total. The van der Waals surface area contributed by atoms with Crippen molar-refractivity contribution < 1.29 is 4.74 Å². The molecule has 56 valence electrons. The summed E-state index contributed by atoms with van der Waals surface area (Å²) in [6.07, 6.45) is 0.741. The molecule has 0 aromatic rings. The van der Waals surface area contributed by atoms with E-state index in [1.54, 1.807) is 0 Å². The van der Waals surface area contributed by atoms with Gasteiger partial charge in [-0.2, -0.15) is 0 Å². The number of rotatable bonds is 1. The summed E-state index contributed by atoms with van der Waals surface area (Å²) in [6.45, 7) is 1.15. The SMILES string of the molecule is [N-]=[N+]=NC1CCOC[C@@H]1N. The Morgan fingerprint density at radius 3 is 3.10 bits per heavy atom. The Bertz CT molecular complexity index is 154. The Balaban J connectivity index is 2.47. The number of ether oxygens (including phenoxy) is 1. The van der Waals surface area contributed by atoms with E-state index in [1.165, 1.54) is 0 Å². The third kappa shape index (κ3) is 1.60. The topological polar surface area (TPSA) is 84.0 Å². The fourth-order valence-corrected chi connectivity index (χ4v) is 0.958. The highest BCUT2D eigenvalue weighted by molar-refractivity contribution is 4.82. The van der Waals surface area contributed by atoms with Gasteiger partial charge in [0.2, 0.25) is 0 Å². The smallest absolute Gasteiger partial charge is 0.0621 e. The summed E-state index contributed by atoms with van der Waals surface area (Å²) in [5.74, 6) is 0. The van der Waals surface area contributed by atoms with Crippen LogP contribution < -0.4 is 5.73 Å². The van der Waals surface area contributed by atoms with Crippen LogP contribution in [0.25, 0.3) is 10.4 Å². The van der Waals surface area contributed by atoms with E-state index in [4.69, 9.17) is 16.0 Å². The minimum absolute atomic E-state index is 0.0706. The maximum Gasteiger partial charge on any atom is 0.0621 e. The van der Waals surface area contributed by atoms with Crippen LogP contribution in [0.4, 0.5) is 0 Å². The third-order valence-corrected chi connectivity index (χ3v) is 1.56. The van der Waals surface area contributed by atoms with Crippen molar-refractivity contribution >= 4 is 0 Å². The Kier molecular flexibility index (Phi) is 2.50. The van der Waals surface area contributed by atoms with Crippen LogP contribution in [0.1, 0.15) is 6.42 Å². The average molecular weight is 142 g/mol. The first-order chi connectivity index (χ1) is 4.84. The van der Waals surface area contributed by atoms with Crippen LogP contribution in [0.15, 0.2) is 5.11 Å². The van der Waals surface area contributed by atoms with E-state index in [2.05, 4.69) is 10.0 Å². The number of hydrogen-bond donors (Lipinski definition) is 1. The lowest BCUT2D eigenvalue weighted by Crippen LogP contribution is -2.42. The zero-order chi connectivity index (χ0) is 7.40. The van der Waals surface area contributed by atoms with Crippen molar-refractivity contribution in [2.75, 3.05) is 13.2 Å². The molecule has 5 nitrogen and oxygen atoms in total. The molecule has 2 atom stereocenters. The molecule has 1 saturated heterocycles. The van der Waals surface area contributed by atoms with Crippen LogP contribution in [0, 0.1) is 0 Å². The van der Waals surface area contributed by atoms with E-state index in [1.807, 2.05) is 0 Å². The molecule has 0 bridgehead atoms. The lowest BCUT2D eigenvalue weighted by Gasteiger charge is -2.24. The third-order valence-electron chi connectivity index (χ3n) is 1.56. The fraction of sp³-hybridized carbons (Fsp3) is 1.00. The number of azide groups is 1. The highest BCUT2D eigenvalue weighted by Gasteiger charge is 2.20. The highest BCUT2D eigenvalue weighted by atomic mass is 16.5. The number of nitrogens with zero attached hydrogens (tertiary/aromatic N) is 3. The molecule has 0 aromatic carbocycles. The van der Waals surface area contributed by atoms with Crippen molar-refractivity contribution in [2.45, 2.75) is 18.5 Å². The van der Waals surface area contributed by atoms with Gasteiger partial charge in [-0.1, -0.05) is 5.11 Å². The molecule has 0 amide bonds. The van der Waals surface area contributed by atoms with E-state index < -0.39 is 0 Å². The van der Waals surface area contributed by atoms with Crippen LogP contribution in [0.2, 0.25) is 0 Å². The van der Waals surface area contributed by atoms with Gasteiger partial charge in [-0.05, 0) is 12.0 Å². The van der Waals surface area contributed by atoms with Gasteiger partial charge in [-0.15, -0.1) is 0 Å². The standard InChI is InChI=1S/C5H10N4O/c6-4-3-10-2-1-5(4)8-9-7/h4-5H,1-3,6H2/t4-,5?/m0/s1. The fourth-order valence-electron chi connectivity index (χ4n) is 0.958. The number of hydrogen-bond acceptors (Lipinski definition) is 3. The maximum absolute atomic E-state index is 8.10. The monoisotopic (exact) mass is 142 g/mol. The summed E-state index contributed by atoms with van der Waals surface area (Å²) in [5, 5.41) is 3.54. The zero-order valence-corrected chi connectivity index (χ0v) is 5.60. The van der Waals surface area contributed by atoms with Crippen molar-refractivity contribution in [3.63, 3.8) is 0 Å². The predicted molar refractivity (Wildman–Crippen MR) is 36.3 cm³/mol. The molecule has 1 aliphatic rings. The molecule has 1 rings (SSSR count). The Morgan fingerprint density at radius 1 is 1.70 bits per heavy atom. The van der Waals surface area contributed by atoms with E-state index in [0.717, 1.165) is 6.42 Å². The van der Waals surface area contributed by atoms with Crippen molar-refractivity contribution in [3.8, 4) is 0 Å². The average Bonchev–Trinajstić information content (AvgIpc) is 1.94. The van der Waals surface area contributed by atoms with E-state index >= 15 is 0 Å². The Labute approximate surface area is 58.8 Å². The van der Waals surface area contributed by atoms with Crippen molar-refractivity contribution in [3.05, 3.63) is 10.4 Å². The first-order valence-electron chi connectivity index (χ1n) is 3.22. The molecule has 0 saturated carbocycles. The second-order valence-electron chi connectivity index (χ2n) is 2.30. The van der Waals surface area contributed by atoms with Gasteiger partial charge in [0.1, 0.15) is 0 Å². The van der Waals surface area contributed by atoms with Gasteiger partial charge in [-0.3, -0.25) is 0 Å². The second-order valence-corrected chi connectivity index (χ2v) is 2.30. The summed E-state index contributed by atoms with van der Waals surface area (Å²) in [5.41, 5.74) is 13.7. The van der Waals surface area contributed by atoms with Gasteiger partial charge in [-0.25, -0.2) is 0 Å². The number of nitrogens with two attached hydrogens (primary N) is 1. The van der Waals surface area contributed by atoms with Crippen molar-refractivity contribution in [1.82, 2.24) is 0 Å². The normalized spacial score (nSPS) is 32.9. The maximum atomic E-state index is 8.10. The second kappa shape index (κ2) is 3.41. The van der Waals surface area contributed by atoms with Gasteiger partial charge in [0.15, 0.2) is 0 Å². The minimum atomic E-state index is -0.121. The molecule has 1 fully saturated rings. The summed E-state index contributed by atoms with van der Waals surface area (Å²) < 4.78 is 5.05. The van der Waals surface area contributed by atoms with Crippen LogP contribution in [-0.4, -0.2) is 25.3 Å². The van der Waals surface area contributed by atoms with Crippen LogP contribution >= 0.6 is 0 Å². The molecule has 1 unspecified atom stereocenters. The highest BCUT2D eigenvalue weighted by Crippen LogP contribution is 2.09. The molecule has 0 aliphatic carbocycles. The molecule has 10 heavy (non-hydrogen) atoms. The molecule has 0 spiro atoms. The van der Waals surface area contributed by atoms with Gasteiger partial charge in [0.25, 0.3) is 0 Å². The molecule has 0 aromatic heterocycles. The van der Waals surface area contributed by atoms with Crippen LogP contribution in [-0.2, 0) is 4.74 Å². The first-order valence-corrected chi connectivity index (χ1v) is 3.22. The summed E-state index contributed by atoms with van der Waals surface area (Å²) in [6, 6.07) is -0.191. The van der Waals surface area contributed by atoms with Crippen molar-refractivity contribution in [1.29, 1.82) is 0 Å². The van der Waals surface area contributed by atoms with Gasteiger partial charge >= 0.3 is 0 Å². The van der Waals surface area contributed by atoms with Gasteiger partial charge < -0.3 is 10.5 Å². The summed E-state index contributed by atoms with van der Waals surface area (Å²) >= 11 is 0. The van der Waals surface area contributed by atoms with E-state index in [9.17, 15) is 0 Å². The molecule has 0 radical (unpaired) electrons. The lowest BCUT2D eigenvalue weighted by molar-refractivity contribution is 0.0712. The van der Waals surface area contributed by atoms with E-state index in [0.29, 0.717) is 13.2 Å². The summed E-state index contributed by atoms with van der Waals surface area (Å²) in [4.78, 5) is 2.70. The predicted octanol–water partition coefficient (Wildman–Crippen LogP) is 0.413. The summed E-state index contributed by atoms with van der Waals surface area (Å²) in [7, 11) is 0. The quantitative estimate of drug-likeness (QED) is 0.326. The zero-order valence-electron chi connectivity index (χ0n) is 5.60. The van der Waals surface area contributed by atoms with E-state index in [-0.39, 0.29) is 12.1 Å². The first kappa shape index (κ1) is 7.34. The van der Waals surface area contributed by atoms with Crippen LogP contribution in [0.5, 0.6) is 0 Å². The van der Waals surface area contributed by atoms with Gasteiger partial charge in [0.05, 0.1) is 12.6 Å². The molecule has 5 heteroatoms. The van der Waals surface area contributed by atoms with Gasteiger partial charge in [0, 0.05) is 17.6 Å². The molecular weight excluding hydrogens is 132 g/mol. The van der Waals surface area contributed by atoms with Crippen LogP contribution in [0.3, 0.4) is 0 Å². The Morgan fingerprint density at radius 2 is 2.50 bits per heavy atom. The van der Waals surface area contributed by atoms with Crippen molar-refractivity contribution in [2.24, 2.45) is 10.8 Å².